The van der Waals surface area contributed by atoms with Gasteiger partial charge in [0.25, 0.3) is 0 Å². The highest BCUT2D eigenvalue weighted by Gasteiger charge is 2.10. The highest BCUT2D eigenvalue weighted by atomic mass is 16.5. The van der Waals surface area contributed by atoms with E-state index in [1.807, 2.05) is 0 Å². The molecular formula is C17H28N2O. The molecule has 1 aliphatic heterocycles. The van der Waals surface area contributed by atoms with Crippen molar-refractivity contribution in [3.05, 3.63) is 35.4 Å². The molecule has 3 heteroatoms. The van der Waals surface area contributed by atoms with Gasteiger partial charge in [-0.05, 0) is 36.6 Å². The maximum absolute atomic E-state index is 5.38. The van der Waals surface area contributed by atoms with Crippen LogP contribution in [-0.2, 0) is 17.7 Å². The first-order valence-electron chi connectivity index (χ1n) is 7.82. The molecule has 2 rings (SSSR count). The standard InChI is InChI=1S/C17H28N2O/c1-15(2)13-18-8-7-16-3-5-17(6-4-16)14-19-9-11-20-12-10-19/h3-6,15,18H,7-14H2,1-2H3. The number of hydrogen-bond donors (Lipinski definition) is 1. The fraction of sp³-hybridized carbons (Fsp3) is 0.647. The summed E-state index contributed by atoms with van der Waals surface area (Å²) in [6, 6.07) is 9.08. The molecule has 0 amide bonds. The Hall–Kier alpha value is -0.900. The Labute approximate surface area is 123 Å². The third kappa shape index (κ3) is 5.61. The number of nitrogens with one attached hydrogen (secondary N) is 1. The summed E-state index contributed by atoms with van der Waals surface area (Å²) in [7, 11) is 0. The van der Waals surface area contributed by atoms with Crippen molar-refractivity contribution in [3.8, 4) is 0 Å². The summed E-state index contributed by atoms with van der Waals surface area (Å²) in [6.45, 7) is 11.6. The second-order valence-corrected chi connectivity index (χ2v) is 6.05. The second kappa shape index (κ2) is 8.40. The van der Waals surface area contributed by atoms with Crippen LogP contribution in [0.25, 0.3) is 0 Å². The maximum atomic E-state index is 5.38. The fourth-order valence-corrected chi connectivity index (χ4v) is 2.45. The van der Waals surface area contributed by atoms with E-state index in [4.69, 9.17) is 4.74 Å². The SMILES string of the molecule is CC(C)CNCCc1ccc(CN2CCOCC2)cc1. The Kier molecular flexibility index (Phi) is 6.51. The Morgan fingerprint density at radius 3 is 2.40 bits per heavy atom. The van der Waals surface area contributed by atoms with Crippen molar-refractivity contribution < 1.29 is 4.74 Å². The van der Waals surface area contributed by atoms with Crippen molar-refractivity contribution in [1.82, 2.24) is 10.2 Å². The van der Waals surface area contributed by atoms with Crippen molar-refractivity contribution in [2.24, 2.45) is 5.92 Å². The first kappa shape index (κ1) is 15.5. The second-order valence-electron chi connectivity index (χ2n) is 6.05. The molecule has 112 valence electrons. The van der Waals surface area contributed by atoms with Gasteiger partial charge >= 0.3 is 0 Å². The zero-order valence-corrected chi connectivity index (χ0v) is 12.9. The van der Waals surface area contributed by atoms with Crippen molar-refractivity contribution in [2.45, 2.75) is 26.8 Å². The van der Waals surface area contributed by atoms with Gasteiger partial charge < -0.3 is 10.1 Å². The molecule has 0 unspecified atom stereocenters. The topological polar surface area (TPSA) is 24.5 Å². The summed E-state index contributed by atoms with van der Waals surface area (Å²) >= 11 is 0. The molecule has 1 aromatic rings. The minimum Gasteiger partial charge on any atom is -0.379 e. The Bertz CT molecular complexity index is 369. The molecule has 0 atom stereocenters. The molecule has 0 bridgehead atoms. The monoisotopic (exact) mass is 276 g/mol. The molecule has 1 N–H and O–H groups in total. The zero-order valence-electron chi connectivity index (χ0n) is 12.9. The third-order valence-electron chi connectivity index (χ3n) is 3.68. The van der Waals surface area contributed by atoms with Crippen molar-refractivity contribution in [2.75, 3.05) is 39.4 Å². The normalized spacial score (nSPS) is 16.8. The molecule has 0 saturated carbocycles. The molecule has 0 spiro atoms. The van der Waals surface area contributed by atoms with Crippen LogP contribution >= 0.6 is 0 Å². The molecule has 1 aliphatic rings. The molecule has 0 aliphatic carbocycles. The van der Waals surface area contributed by atoms with E-state index < -0.39 is 0 Å². The Morgan fingerprint density at radius 2 is 1.75 bits per heavy atom. The van der Waals surface area contributed by atoms with Gasteiger partial charge in [0.05, 0.1) is 13.2 Å². The largest absolute Gasteiger partial charge is 0.379 e. The summed E-state index contributed by atoms with van der Waals surface area (Å²) < 4.78 is 5.38. The lowest BCUT2D eigenvalue weighted by Crippen LogP contribution is -2.35. The summed E-state index contributed by atoms with van der Waals surface area (Å²) in [6.07, 6.45) is 1.12. The number of rotatable bonds is 7. The molecule has 3 nitrogen and oxygen atoms in total. The van der Waals surface area contributed by atoms with Gasteiger partial charge in [-0.25, -0.2) is 0 Å². The van der Waals surface area contributed by atoms with Gasteiger partial charge in [0, 0.05) is 19.6 Å². The van der Waals surface area contributed by atoms with E-state index in [1.165, 1.54) is 11.1 Å². The summed E-state index contributed by atoms with van der Waals surface area (Å²) in [4.78, 5) is 2.46. The predicted octanol–water partition coefficient (Wildman–Crippen LogP) is 2.31. The Morgan fingerprint density at radius 1 is 1.10 bits per heavy atom. The van der Waals surface area contributed by atoms with Crippen LogP contribution in [0, 0.1) is 5.92 Å². The number of ether oxygens (including phenoxy) is 1. The van der Waals surface area contributed by atoms with Crippen molar-refractivity contribution >= 4 is 0 Å². The number of nitrogens with zero attached hydrogens (tertiary/aromatic N) is 1. The van der Waals surface area contributed by atoms with E-state index in [0.29, 0.717) is 0 Å². The first-order valence-corrected chi connectivity index (χ1v) is 7.82. The average Bonchev–Trinajstić information content (AvgIpc) is 2.46. The zero-order chi connectivity index (χ0) is 14.2. The van der Waals surface area contributed by atoms with Gasteiger partial charge in [-0.3, -0.25) is 4.90 Å². The van der Waals surface area contributed by atoms with Gasteiger partial charge in [-0.2, -0.15) is 0 Å². The van der Waals surface area contributed by atoms with Gasteiger partial charge in [0.15, 0.2) is 0 Å². The van der Waals surface area contributed by atoms with E-state index in [2.05, 4.69) is 48.3 Å². The lowest BCUT2D eigenvalue weighted by molar-refractivity contribution is 0.0342. The van der Waals surface area contributed by atoms with Crippen LogP contribution < -0.4 is 5.32 Å². The predicted molar refractivity (Wildman–Crippen MR) is 83.9 cm³/mol. The van der Waals surface area contributed by atoms with Crippen molar-refractivity contribution in [1.29, 1.82) is 0 Å². The molecule has 1 aromatic carbocycles. The number of benzene rings is 1. The van der Waals surface area contributed by atoms with Gasteiger partial charge in [-0.1, -0.05) is 38.1 Å². The highest BCUT2D eigenvalue weighted by molar-refractivity contribution is 5.22. The molecule has 1 heterocycles. The number of hydrogen-bond acceptors (Lipinski definition) is 3. The van der Waals surface area contributed by atoms with Crippen molar-refractivity contribution in [3.63, 3.8) is 0 Å². The van der Waals surface area contributed by atoms with Crippen LogP contribution in [-0.4, -0.2) is 44.3 Å². The summed E-state index contributed by atoms with van der Waals surface area (Å²) in [5.41, 5.74) is 2.83. The van der Waals surface area contributed by atoms with E-state index >= 15 is 0 Å². The minimum atomic E-state index is 0.728. The van der Waals surface area contributed by atoms with E-state index in [-0.39, 0.29) is 0 Å². The van der Waals surface area contributed by atoms with E-state index in [1.54, 1.807) is 0 Å². The molecule has 1 saturated heterocycles. The van der Waals surface area contributed by atoms with Gasteiger partial charge in [0.1, 0.15) is 0 Å². The molecule has 20 heavy (non-hydrogen) atoms. The average molecular weight is 276 g/mol. The molecule has 0 radical (unpaired) electrons. The van der Waals surface area contributed by atoms with Gasteiger partial charge in [-0.15, -0.1) is 0 Å². The highest BCUT2D eigenvalue weighted by Crippen LogP contribution is 2.09. The first-order chi connectivity index (χ1) is 9.74. The summed E-state index contributed by atoms with van der Waals surface area (Å²) in [5.74, 6) is 0.728. The van der Waals surface area contributed by atoms with Crippen LogP contribution in [0.2, 0.25) is 0 Å². The lowest BCUT2D eigenvalue weighted by atomic mass is 10.1. The van der Waals surface area contributed by atoms with E-state index in [9.17, 15) is 0 Å². The van der Waals surface area contributed by atoms with Crippen LogP contribution in [0.1, 0.15) is 25.0 Å². The molecular weight excluding hydrogens is 248 g/mol. The quantitative estimate of drug-likeness (QED) is 0.774. The summed E-state index contributed by atoms with van der Waals surface area (Å²) in [5, 5.41) is 3.49. The molecule has 1 fully saturated rings. The number of morpholine rings is 1. The Balaban J connectivity index is 1.71. The van der Waals surface area contributed by atoms with Crippen LogP contribution in [0.15, 0.2) is 24.3 Å². The lowest BCUT2D eigenvalue weighted by Gasteiger charge is -2.26. The molecule has 0 aromatic heterocycles. The van der Waals surface area contributed by atoms with E-state index in [0.717, 1.165) is 58.3 Å². The van der Waals surface area contributed by atoms with Crippen LogP contribution in [0.5, 0.6) is 0 Å². The fourth-order valence-electron chi connectivity index (χ4n) is 2.45. The van der Waals surface area contributed by atoms with Gasteiger partial charge in [0.2, 0.25) is 0 Å². The maximum Gasteiger partial charge on any atom is 0.0594 e. The van der Waals surface area contributed by atoms with Crippen LogP contribution in [0.4, 0.5) is 0 Å². The van der Waals surface area contributed by atoms with Crippen LogP contribution in [0.3, 0.4) is 0 Å². The smallest absolute Gasteiger partial charge is 0.0594 e. The minimum absolute atomic E-state index is 0.728. The third-order valence-corrected chi connectivity index (χ3v) is 3.68.